The van der Waals surface area contributed by atoms with E-state index in [4.69, 9.17) is 0 Å². The summed E-state index contributed by atoms with van der Waals surface area (Å²) in [5.74, 6) is 0. The van der Waals surface area contributed by atoms with Crippen molar-refractivity contribution in [2.24, 2.45) is 0 Å². The van der Waals surface area contributed by atoms with Crippen LogP contribution in [-0.2, 0) is 0 Å². The third-order valence-electron chi connectivity index (χ3n) is 3.64. The summed E-state index contributed by atoms with van der Waals surface area (Å²) in [4.78, 5) is 3.28. The van der Waals surface area contributed by atoms with Crippen LogP contribution >= 0.6 is 15.9 Å². The third-order valence-corrected chi connectivity index (χ3v) is 4.49. The van der Waals surface area contributed by atoms with Crippen LogP contribution < -0.4 is 0 Å². The molecule has 2 aromatic rings. The van der Waals surface area contributed by atoms with Crippen molar-refractivity contribution in [3.63, 3.8) is 0 Å². The molecule has 0 aliphatic rings. The molecule has 0 saturated carbocycles. The molecule has 1 aromatic heterocycles. The van der Waals surface area contributed by atoms with Crippen LogP contribution in [0.4, 0.5) is 0 Å². The second-order valence-corrected chi connectivity index (χ2v) is 5.68. The zero-order valence-electron chi connectivity index (χ0n) is 11.1. The molecule has 1 unspecified atom stereocenters. The SMILES string of the molecule is Cc1ccc(C(O)c2[nH]c(C)c(C)c2C)cc1Br. The molecule has 0 aliphatic heterocycles. The van der Waals surface area contributed by atoms with E-state index in [1.54, 1.807) is 0 Å². The van der Waals surface area contributed by atoms with Gasteiger partial charge in [-0.1, -0.05) is 28.1 Å². The van der Waals surface area contributed by atoms with Crippen LogP contribution in [-0.4, -0.2) is 10.1 Å². The number of rotatable bonds is 2. The topological polar surface area (TPSA) is 36.0 Å². The van der Waals surface area contributed by atoms with Crippen LogP contribution in [0.2, 0.25) is 0 Å². The maximum absolute atomic E-state index is 10.5. The van der Waals surface area contributed by atoms with Gasteiger partial charge in [0.1, 0.15) is 6.10 Å². The lowest BCUT2D eigenvalue weighted by atomic mass is 10.0. The Morgan fingerprint density at radius 1 is 1.11 bits per heavy atom. The number of hydrogen-bond acceptors (Lipinski definition) is 1. The predicted octanol–water partition coefficient (Wildman–Crippen LogP) is 4.09. The van der Waals surface area contributed by atoms with Crippen LogP contribution in [0, 0.1) is 27.7 Å². The lowest BCUT2D eigenvalue weighted by Crippen LogP contribution is -2.02. The number of aryl methyl sites for hydroxylation is 2. The van der Waals surface area contributed by atoms with Crippen molar-refractivity contribution in [3.8, 4) is 0 Å². The number of benzene rings is 1. The van der Waals surface area contributed by atoms with E-state index < -0.39 is 6.10 Å². The number of H-pyrrole nitrogens is 1. The molecule has 1 aromatic carbocycles. The number of aliphatic hydroxyl groups excluding tert-OH is 1. The fourth-order valence-electron chi connectivity index (χ4n) is 2.09. The van der Waals surface area contributed by atoms with Gasteiger partial charge < -0.3 is 10.1 Å². The van der Waals surface area contributed by atoms with Crippen LogP contribution in [0.25, 0.3) is 0 Å². The fourth-order valence-corrected chi connectivity index (χ4v) is 2.49. The molecule has 3 heteroatoms. The van der Waals surface area contributed by atoms with E-state index in [1.807, 2.05) is 39.0 Å². The Morgan fingerprint density at radius 3 is 2.28 bits per heavy atom. The molecule has 18 heavy (non-hydrogen) atoms. The molecular weight excluding hydrogens is 290 g/mol. The summed E-state index contributed by atoms with van der Waals surface area (Å²) in [6, 6.07) is 5.96. The molecule has 0 aliphatic carbocycles. The molecular formula is C15H18BrNO. The van der Waals surface area contributed by atoms with Gasteiger partial charge in [0.05, 0.1) is 5.69 Å². The smallest absolute Gasteiger partial charge is 0.119 e. The van der Waals surface area contributed by atoms with Gasteiger partial charge in [-0.3, -0.25) is 0 Å². The molecule has 1 heterocycles. The first kappa shape index (κ1) is 13.4. The highest BCUT2D eigenvalue weighted by atomic mass is 79.9. The Morgan fingerprint density at radius 2 is 1.78 bits per heavy atom. The molecule has 0 amide bonds. The van der Waals surface area contributed by atoms with Gasteiger partial charge >= 0.3 is 0 Å². The highest BCUT2D eigenvalue weighted by molar-refractivity contribution is 9.10. The van der Waals surface area contributed by atoms with E-state index in [2.05, 4.69) is 27.8 Å². The summed E-state index contributed by atoms with van der Waals surface area (Å²) in [6.07, 6.45) is -0.603. The summed E-state index contributed by atoms with van der Waals surface area (Å²) in [5, 5.41) is 10.5. The number of halogens is 1. The molecule has 0 fully saturated rings. The van der Waals surface area contributed by atoms with E-state index in [0.29, 0.717) is 0 Å². The lowest BCUT2D eigenvalue weighted by molar-refractivity contribution is 0.215. The van der Waals surface area contributed by atoms with E-state index in [9.17, 15) is 5.11 Å². The van der Waals surface area contributed by atoms with Gasteiger partial charge in [0.15, 0.2) is 0 Å². The molecule has 0 bridgehead atoms. The van der Waals surface area contributed by atoms with Crippen LogP contribution in [0.3, 0.4) is 0 Å². The number of hydrogen-bond donors (Lipinski definition) is 2. The quantitative estimate of drug-likeness (QED) is 0.861. The summed E-state index contributed by atoms with van der Waals surface area (Å²) in [5.41, 5.74) is 6.43. The van der Waals surface area contributed by atoms with Crippen molar-refractivity contribution in [3.05, 3.63) is 56.3 Å². The minimum atomic E-state index is -0.603. The van der Waals surface area contributed by atoms with E-state index in [1.165, 1.54) is 11.1 Å². The standard InChI is InChI=1S/C15H18BrNO/c1-8-5-6-12(7-13(8)16)15(18)14-10(3)9(2)11(4)17-14/h5-7,15,17-18H,1-4H3. The van der Waals surface area contributed by atoms with Gasteiger partial charge in [0.2, 0.25) is 0 Å². The third kappa shape index (κ3) is 2.25. The first-order valence-corrected chi connectivity index (χ1v) is 6.81. The van der Waals surface area contributed by atoms with Crippen LogP contribution in [0.5, 0.6) is 0 Å². The monoisotopic (exact) mass is 307 g/mol. The zero-order valence-corrected chi connectivity index (χ0v) is 12.7. The van der Waals surface area contributed by atoms with Crippen molar-refractivity contribution in [2.75, 3.05) is 0 Å². The van der Waals surface area contributed by atoms with Gasteiger partial charge in [0, 0.05) is 10.2 Å². The maximum atomic E-state index is 10.5. The summed E-state index contributed by atoms with van der Waals surface area (Å²) in [6.45, 7) is 8.18. The minimum absolute atomic E-state index is 0.603. The number of aromatic amines is 1. The lowest BCUT2D eigenvalue weighted by Gasteiger charge is -2.12. The fraction of sp³-hybridized carbons (Fsp3) is 0.333. The highest BCUT2D eigenvalue weighted by Crippen LogP contribution is 2.29. The second-order valence-electron chi connectivity index (χ2n) is 4.82. The predicted molar refractivity (Wildman–Crippen MR) is 77.9 cm³/mol. The van der Waals surface area contributed by atoms with E-state index in [0.717, 1.165) is 27.0 Å². The van der Waals surface area contributed by atoms with Crippen molar-refractivity contribution < 1.29 is 5.11 Å². The van der Waals surface area contributed by atoms with Gasteiger partial charge in [-0.05, 0) is 56.0 Å². The van der Waals surface area contributed by atoms with Crippen molar-refractivity contribution >= 4 is 15.9 Å². The Bertz CT molecular complexity index is 586. The Hall–Kier alpha value is -1.06. The number of aromatic nitrogens is 1. The minimum Gasteiger partial charge on any atom is -0.382 e. The summed E-state index contributed by atoms with van der Waals surface area (Å²) in [7, 11) is 0. The summed E-state index contributed by atoms with van der Waals surface area (Å²) < 4.78 is 1.02. The molecule has 0 radical (unpaired) electrons. The van der Waals surface area contributed by atoms with E-state index >= 15 is 0 Å². The number of nitrogens with one attached hydrogen (secondary N) is 1. The average Bonchev–Trinajstić information content (AvgIpc) is 2.60. The molecule has 96 valence electrons. The first-order chi connectivity index (χ1) is 8.41. The summed E-state index contributed by atoms with van der Waals surface area (Å²) >= 11 is 3.50. The molecule has 2 rings (SSSR count). The average molecular weight is 308 g/mol. The Kier molecular flexibility index (Phi) is 3.64. The highest BCUT2D eigenvalue weighted by Gasteiger charge is 2.17. The molecule has 0 spiro atoms. The largest absolute Gasteiger partial charge is 0.382 e. The normalized spacial score (nSPS) is 12.8. The maximum Gasteiger partial charge on any atom is 0.119 e. The van der Waals surface area contributed by atoms with Crippen molar-refractivity contribution in [1.82, 2.24) is 4.98 Å². The molecule has 1 atom stereocenters. The number of aliphatic hydroxyl groups is 1. The van der Waals surface area contributed by atoms with Gasteiger partial charge in [-0.2, -0.15) is 0 Å². The second kappa shape index (κ2) is 4.90. The molecule has 2 N–H and O–H groups in total. The van der Waals surface area contributed by atoms with Crippen molar-refractivity contribution in [2.45, 2.75) is 33.8 Å². The van der Waals surface area contributed by atoms with Crippen LogP contribution in [0.1, 0.15) is 39.7 Å². The molecule has 0 saturated heterocycles. The van der Waals surface area contributed by atoms with Gasteiger partial charge in [-0.15, -0.1) is 0 Å². The first-order valence-electron chi connectivity index (χ1n) is 6.01. The van der Waals surface area contributed by atoms with Gasteiger partial charge in [-0.25, -0.2) is 0 Å². The van der Waals surface area contributed by atoms with Crippen LogP contribution in [0.15, 0.2) is 22.7 Å². The molecule has 2 nitrogen and oxygen atoms in total. The van der Waals surface area contributed by atoms with Crippen molar-refractivity contribution in [1.29, 1.82) is 0 Å². The Labute approximate surface area is 116 Å². The van der Waals surface area contributed by atoms with E-state index in [-0.39, 0.29) is 0 Å². The zero-order chi connectivity index (χ0) is 13.4. The Balaban J connectivity index is 2.44. The van der Waals surface area contributed by atoms with Gasteiger partial charge in [0.25, 0.3) is 0 Å².